The first-order chi connectivity index (χ1) is 9.54. The summed E-state index contributed by atoms with van der Waals surface area (Å²) >= 11 is 6.55. The summed E-state index contributed by atoms with van der Waals surface area (Å²) in [6.07, 6.45) is 0. The molecule has 0 aliphatic heterocycles. The van der Waals surface area contributed by atoms with E-state index in [4.69, 9.17) is 0 Å². The number of hydrogen-bond acceptors (Lipinski definition) is 1. The van der Waals surface area contributed by atoms with Gasteiger partial charge in [-0.1, -0.05) is 35.0 Å². The third-order valence-electron chi connectivity index (χ3n) is 2.97. The maximum Gasteiger partial charge on any atom is 0.137 e. The number of nitrogens with one attached hydrogen (secondary N) is 1. The van der Waals surface area contributed by atoms with Gasteiger partial charge in [-0.2, -0.15) is 0 Å². The van der Waals surface area contributed by atoms with Crippen molar-refractivity contribution in [2.45, 2.75) is 13.0 Å². The second-order valence-electron chi connectivity index (χ2n) is 4.30. The maximum absolute atomic E-state index is 14.1. The third-order valence-corrected chi connectivity index (χ3v) is 4.27. The Bertz CT molecular complexity index is 597. The molecule has 2 aromatic rings. The molecule has 1 nitrogen and oxygen atoms in total. The second-order valence-corrected chi connectivity index (χ2v) is 6.01. The van der Waals surface area contributed by atoms with Crippen LogP contribution in [0.5, 0.6) is 0 Å². The van der Waals surface area contributed by atoms with Crippen molar-refractivity contribution in [2.24, 2.45) is 0 Å². The lowest BCUT2D eigenvalue weighted by molar-refractivity contribution is 0.555. The van der Waals surface area contributed by atoms with E-state index >= 15 is 0 Å². The Morgan fingerprint density at radius 3 is 2.40 bits per heavy atom. The molecule has 1 unspecified atom stereocenters. The molecule has 0 saturated carbocycles. The average molecular weight is 405 g/mol. The van der Waals surface area contributed by atoms with Crippen molar-refractivity contribution in [3.63, 3.8) is 0 Å². The zero-order valence-corrected chi connectivity index (χ0v) is 13.9. The average Bonchev–Trinajstić information content (AvgIpc) is 2.41. The molecular weight excluding hydrogens is 392 g/mol. The van der Waals surface area contributed by atoms with Gasteiger partial charge in [0, 0.05) is 10.0 Å². The normalized spacial score (nSPS) is 12.4. The Kier molecular flexibility index (Phi) is 5.29. The SMILES string of the molecule is CCNC(c1ccc(F)c(Br)c1)c1c(F)cccc1Br. The summed E-state index contributed by atoms with van der Waals surface area (Å²) < 4.78 is 28.5. The van der Waals surface area contributed by atoms with Crippen molar-refractivity contribution < 1.29 is 8.78 Å². The molecule has 5 heteroatoms. The van der Waals surface area contributed by atoms with Crippen LogP contribution in [-0.4, -0.2) is 6.54 Å². The molecule has 0 fully saturated rings. The highest BCUT2D eigenvalue weighted by Crippen LogP contribution is 2.32. The van der Waals surface area contributed by atoms with Crippen molar-refractivity contribution in [3.8, 4) is 0 Å². The predicted octanol–water partition coefficient (Wildman–Crippen LogP) is 5.19. The van der Waals surface area contributed by atoms with Crippen molar-refractivity contribution in [1.29, 1.82) is 0 Å². The zero-order valence-electron chi connectivity index (χ0n) is 10.8. The lowest BCUT2D eigenvalue weighted by Gasteiger charge is -2.21. The van der Waals surface area contributed by atoms with Gasteiger partial charge < -0.3 is 5.32 Å². The maximum atomic E-state index is 14.1. The summed E-state index contributed by atoms with van der Waals surface area (Å²) in [6, 6.07) is 9.22. The minimum Gasteiger partial charge on any atom is -0.306 e. The van der Waals surface area contributed by atoms with Gasteiger partial charge in [-0.3, -0.25) is 0 Å². The minimum absolute atomic E-state index is 0.300. The summed E-state index contributed by atoms with van der Waals surface area (Å²) in [5.74, 6) is -0.637. The van der Waals surface area contributed by atoms with E-state index in [-0.39, 0.29) is 17.7 Å². The predicted molar refractivity (Wildman–Crippen MR) is 83.7 cm³/mol. The molecule has 0 radical (unpaired) electrons. The Morgan fingerprint density at radius 1 is 1.05 bits per heavy atom. The Balaban J connectivity index is 2.53. The van der Waals surface area contributed by atoms with Crippen molar-refractivity contribution in [1.82, 2.24) is 5.32 Å². The molecule has 0 amide bonds. The molecule has 2 rings (SSSR count). The fourth-order valence-corrected chi connectivity index (χ4v) is 3.04. The van der Waals surface area contributed by atoms with E-state index in [9.17, 15) is 8.78 Å². The second kappa shape index (κ2) is 6.78. The Morgan fingerprint density at radius 2 is 1.80 bits per heavy atom. The summed E-state index contributed by atoms with van der Waals surface area (Å²) in [6.45, 7) is 2.61. The van der Waals surface area contributed by atoms with Gasteiger partial charge in [-0.25, -0.2) is 8.78 Å². The first-order valence-corrected chi connectivity index (χ1v) is 7.75. The molecule has 1 N–H and O–H groups in total. The van der Waals surface area contributed by atoms with Crippen LogP contribution in [0.25, 0.3) is 0 Å². The molecular formula is C15H13Br2F2N. The van der Waals surface area contributed by atoms with Crippen LogP contribution >= 0.6 is 31.9 Å². The van der Waals surface area contributed by atoms with E-state index in [1.54, 1.807) is 24.3 Å². The lowest BCUT2D eigenvalue weighted by atomic mass is 9.98. The zero-order chi connectivity index (χ0) is 14.7. The molecule has 0 aromatic heterocycles. The van der Waals surface area contributed by atoms with Crippen LogP contribution in [-0.2, 0) is 0 Å². The Labute approximate surface area is 133 Å². The van der Waals surface area contributed by atoms with Gasteiger partial charge in [-0.15, -0.1) is 0 Å². The van der Waals surface area contributed by atoms with Crippen LogP contribution in [0.4, 0.5) is 8.78 Å². The van der Waals surface area contributed by atoms with Crippen molar-refractivity contribution >= 4 is 31.9 Å². The number of benzene rings is 2. The van der Waals surface area contributed by atoms with E-state index in [2.05, 4.69) is 37.2 Å². The molecule has 0 saturated heterocycles. The highest BCUT2D eigenvalue weighted by atomic mass is 79.9. The standard InChI is InChI=1S/C15H13Br2F2N/c1-2-20-15(9-6-7-12(18)11(17)8-9)14-10(16)4-3-5-13(14)19/h3-8,15,20H,2H2,1H3. The first-order valence-electron chi connectivity index (χ1n) is 6.16. The largest absolute Gasteiger partial charge is 0.306 e. The molecule has 0 bridgehead atoms. The quantitative estimate of drug-likeness (QED) is 0.739. The van der Waals surface area contributed by atoms with Crippen LogP contribution in [0.1, 0.15) is 24.1 Å². The smallest absolute Gasteiger partial charge is 0.137 e. The molecule has 0 aliphatic carbocycles. The molecule has 106 valence electrons. The molecule has 0 spiro atoms. The van der Waals surface area contributed by atoms with Crippen LogP contribution in [0.15, 0.2) is 45.3 Å². The van der Waals surface area contributed by atoms with Gasteiger partial charge in [-0.05, 0) is 52.3 Å². The van der Waals surface area contributed by atoms with Gasteiger partial charge in [0.2, 0.25) is 0 Å². The van der Waals surface area contributed by atoms with Gasteiger partial charge in [0.1, 0.15) is 11.6 Å². The summed E-state index contributed by atoms with van der Waals surface area (Å²) in [4.78, 5) is 0. The minimum atomic E-state index is -0.340. The fourth-order valence-electron chi connectivity index (χ4n) is 2.07. The number of rotatable bonds is 4. The van der Waals surface area contributed by atoms with Gasteiger partial charge in [0.15, 0.2) is 0 Å². The molecule has 2 aromatic carbocycles. The highest BCUT2D eigenvalue weighted by Gasteiger charge is 2.20. The Hall–Kier alpha value is -0.780. The summed E-state index contributed by atoms with van der Waals surface area (Å²) in [5.41, 5.74) is 1.32. The lowest BCUT2D eigenvalue weighted by Crippen LogP contribution is -2.23. The van der Waals surface area contributed by atoms with E-state index in [1.165, 1.54) is 12.1 Å². The van der Waals surface area contributed by atoms with Crippen LogP contribution < -0.4 is 5.32 Å². The van der Waals surface area contributed by atoms with Crippen LogP contribution in [0.2, 0.25) is 0 Å². The van der Waals surface area contributed by atoms with E-state index < -0.39 is 0 Å². The number of halogens is 4. The van der Waals surface area contributed by atoms with E-state index in [1.807, 2.05) is 6.92 Å². The molecule has 0 heterocycles. The number of hydrogen-bond donors (Lipinski definition) is 1. The van der Waals surface area contributed by atoms with Gasteiger partial charge in [0.25, 0.3) is 0 Å². The first kappa shape index (κ1) is 15.6. The van der Waals surface area contributed by atoms with Gasteiger partial charge >= 0.3 is 0 Å². The van der Waals surface area contributed by atoms with Gasteiger partial charge in [0.05, 0.1) is 10.5 Å². The topological polar surface area (TPSA) is 12.0 Å². The van der Waals surface area contributed by atoms with Crippen molar-refractivity contribution in [3.05, 3.63) is 68.1 Å². The molecule has 1 atom stereocenters. The molecule has 20 heavy (non-hydrogen) atoms. The fraction of sp³-hybridized carbons (Fsp3) is 0.200. The third kappa shape index (κ3) is 3.27. The van der Waals surface area contributed by atoms with Crippen LogP contribution in [0, 0.1) is 11.6 Å². The van der Waals surface area contributed by atoms with E-state index in [0.29, 0.717) is 21.1 Å². The summed E-state index contributed by atoms with van der Waals surface area (Å²) in [7, 11) is 0. The molecule has 0 aliphatic rings. The summed E-state index contributed by atoms with van der Waals surface area (Å²) in [5, 5.41) is 3.23. The highest BCUT2D eigenvalue weighted by molar-refractivity contribution is 9.10. The van der Waals surface area contributed by atoms with E-state index in [0.717, 1.165) is 5.56 Å². The monoisotopic (exact) mass is 403 g/mol. The van der Waals surface area contributed by atoms with Crippen LogP contribution in [0.3, 0.4) is 0 Å². The van der Waals surface area contributed by atoms with Crippen molar-refractivity contribution in [2.75, 3.05) is 6.54 Å².